The molecular formula is C22H22N2O2. The Hall–Kier alpha value is -3.27. The van der Waals surface area contributed by atoms with Gasteiger partial charge in [0, 0.05) is 16.9 Å². The lowest BCUT2D eigenvalue weighted by molar-refractivity contribution is 0.102. The van der Waals surface area contributed by atoms with Crippen LogP contribution in [-0.2, 0) is 0 Å². The third-order valence-electron chi connectivity index (χ3n) is 3.89. The highest BCUT2D eigenvalue weighted by Crippen LogP contribution is 2.28. The normalized spacial score (nSPS) is 10.2. The van der Waals surface area contributed by atoms with E-state index in [4.69, 9.17) is 4.74 Å². The lowest BCUT2D eigenvalue weighted by Gasteiger charge is -2.13. The van der Waals surface area contributed by atoms with Gasteiger partial charge in [0.05, 0.1) is 12.3 Å². The standard InChI is InChI=1S/C22H22N2O2/c1-3-26-21-10-5-4-9-20(21)23-18-11-13-19(14-12-18)24-22(25)17-8-6-7-16(2)15-17/h4-15,23H,3H2,1-2H3,(H,24,25). The quantitative estimate of drug-likeness (QED) is 0.629. The summed E-state index contributed by atoms with van der Waals surface area (Å²) < 4.78 is 5.62. The van der Waals surface area contributed by atoms with Crippen LogP contribution in [0.3, 0.4) is 0 Å². The molecule has 0 radical (unpaired) electrons. The second kappa shape index (κ2) is 8.21. The first-order valence-electron chi connectivity index (χ1n) is 8.62. The van der Waals surface area contributed by atoms with Crippen LogP contribution in [0.1, 0.15) is 22.8 Å². The van der Waals surface area contributed by atoms with Crippen molar-refractivity contribution in [1.82, 2.24) is 0 Å². The molecule has 0 aromatic heterocycles. The first-order valence-corrected chi connectivity index (χ1v) is 8.62. The third-order valence-corrected chi connectivity index (χ3v) is 3.89. The van der Waals surface area contributed by atoms with Crippen molar-refractivity contribution < 1.29 is 9.53 Å². The average Bonchev–Trinajstić information content (AvgIpc) is 2.65. The second-order valence-corrected chi connectivity index (χ2v) is 5.96. The van der Waals surface area contributed by atoms with Crippen LogP contribution in [0, 0.1) is 6.92 Å². The number of anilines is 3. The Morgan fingerprint density at radius 1 is 0.923 bits per heavy atom. The average molecular weight is 346 g/mol. The number of hydrogen-bond acceptors (Lipinski definition) is 3. The number of ether oxygens (including phenoxy) is 1. The first kappa shape index (κ1) is 17.5. The summed E-state index contributed by atoms with van der Waals surface area (Å²) in [5.74, 6) is 0.697. The zero-order chi connectivity index (χ0) is 18.4. The minimum Gasteiger partial charge on any atom is -0.492 e. The summed E-state index contributed by atoms with van der Waals surface area (Å²) in [7, 11) is 0. The van der Waals surface area contributed by atoms with Gasteiger partial charge in [0.15, 0.2) is 0 Å². The Kier molecular flexibility index (Phi) is 5.54. The maximum atomic E-state index is 12.3. The van der Waals surface area contributed by atoms with Gasteiger partial charge in [-0.15, -0.1) is 0 Å². The molecule has 0 aliphatic heterocycles. The van der Waals surface area contributed by atoms with E-state index in [0.29, 0.717) is 12.2 Å². The van der Waals surface area contributed by atoms with Gasteiger partial charge in [-0.1, -0.05) is 29.8 Å². The van der Waals surface area contributed by atoms with Crippen molar-refractivity contribution in [2.75, 3.05) is 17.2 Å². The molecule has 1 amide bonds. The van der Waals surface area contributed by atoms with E-state index < -0.39 is 0 Å². The monoisotopic (exact) mass is 346 g/mol. The van der Waals surface area contributed by atoms with Crippen LogP contribution >= 0.6 is 0 Å². The molecule has 0 saturated heterocycles. The number of carbonyl (C=O) groups excluding carboxylic acids is 1. The van der Waals surface area contributed by atoms with Gasteiger partial charge >= 0.3 is 0 Å². The number of rotatable bonds is 6. The number of nitrogens with one attached hydrogen (secondary N) is 2. The van der Waals surface area contributed by atoms with Crippen molar-refractivity contribution in [1.29, 1.82) is 0 Å². The molecule has 0 atom stereocenters. The Morgan fingerprint density at radius 2 is 1.65 bits per heavy atom. The summed E-state index contributed by atoms with van der Waals surface area (Å²) in [6.07, 6.45) is 0. The molecule has 4 heteroatoms. The van der Waals surface area contributed by atoms with Crippen LogP contribution in [0.5, 0.6) is 5.75 Å². The largest absolute Gasteiger partial charge is 0.492 e. The fourth-order valence-corrected chi connectivity index (χ4v) is 2.63. The van der Waals surface area contributed by atoms with E-state index in [1.54, 1.807) is 0 Å². The Bertz CT molecular complexity index is 889. The van der Waals surface area contributed by atoms with E-state index >= 15 is 0 Å². The summed E-state index contributed by atoms with van der Waals surface area (Å²) in [4.78, 5) is 12.3. The van der Waals surface area contributed by atoms with Crippen molar-refractivity contribution in [3.8, 4) is 5.75 Å². The minimum absolute atomic E-state index is 0.115. The predicted octanol–water partition coefficient (Wildman–Crippen LogP) is 5.39. The molecule has 3 aromatic carbocycles. The van der Waals surface area contributed by atoms with Crippen molar-refractivity contribution in [2.24, 2.45) is 0 Å². The van der Waals surface area contributed by atoms with E-state index in [0.717, 1.165) is 28.4 Å². The lowest BCUT2D eigenvalue weighted by Crippen LogP contribution is -2.11. The van der Waals surface area contributed by atoms with Gasteiger partial charge in [-0.3, -0.25) is 4.79 Å². The molecule has 0 saturated carbocycles. The Balaban J connectivity index is 1.68. The van der Waals surface area contributed by atoms with Crippen molar-refractivity contribution in [3.63, 3.8) is 0 Å². The van der Waals surface area contributed by atoms with Crippen molar-refractivity contribution in [3.05, 3.63) is 83.9 Å². The number of carbonyl (C=O) groups is 1. The molecule has 0 unspecified atom stereocenters. The summed E-state index contributed by atoms with van der Waals surface area (Å²) in [5, 5.41) is 6.26. The molecule has 4 nitrogen and oxygen atoms in total. The van der Waals surface area contributed by atoms with Crippen LogP contribution < -0.4 is 15.4 Å². The fourth-order valence-electron chi connectivity index (χ4n) is 2.63. The van der Waals surface area contributed by atoms with Gasteiger partial charge in [0.1, 0.15) is 5.75 Å². The van der Waals surface area contributed by atoms with Crippen LogP contribution in [0.15, 0.2) is 72.8 Å². The molecule has 0 spiro atoms. The topological polar surface area (TPSA) is 50.4 Å². The molecule has 0 fully saturated rings. The van der Waals surface area contributed by atoms with Crippen molar-refractivity contribution >= 4 is 23.0 Å². The maximum Gasteiger partial charge on any atom is 0.255 e. The van der Waals surface area contributed by atoms with Crippen LogP contribution in [0.4, 0.5) is 17.1 Å². The van der Waals surface area contributed by atoms with E-state index in [1.165, 1.54) is 0 Å². The molecular weight excluding hydrogens is 324 g/mol. The van der Waals surface area contributed by atoms with Crippen LogP contribution in [0.25, 0.3) is 0 Å². The minimum atomic E-state index is -0.115. The van der Waals surface area contributed by atoms with Gasteiger partial charge in [-0.2, -0.15) is 0 Å². The number of benzene rings is 3. The van der Waals surface area contributed by atoms with Gasteiger partial charge in [-0.25, -0.2) is 0 Å². The second-order valence-electron chi connectivity index (χ2n) is 5.96. The number of aryl methyl sites for hydroxylation is 1. The number of para-hydroxylation sites is 2. The van der Waals surface area contributed by atoms with Gasteiger partial charge in [0.25, 0.3) is 5.91 Å². The molecule has 3 rings (SSSR count). The SMILES string of the molecule is CCOc1ccccc1Nc1ccc(NC(=O)c2cccc(C)c2)cc1. The highest BCUT2D eigenvalue weighted by atomic mass is 16.5. The fraction of sp³-hybridized carbons (Fsp3) is 0.136. The summed E-state index contributed by atoms with van der Waals surface area (Å²) >= 11 is 0. The predicted molar refractivity (Wildman–Crippen MR) is 106 cm³/mol. The van der Waals surface area contributed by atoms with Gasteiger partial charge in [0.2, 0.25) is 0 Å². The van der Waals surface area contributed by atoms with E-state index in [1.807, 2.05) is 86.6 Å². The third kappa shape index (κ3) is 4.42. The highest BCUT2D eigenvalue weighted by Gasteiger charge is 2.07. The summed E-state index contributed by atoms with van der Waals surface area (Å²) in [6.45, 7) is 4.54. The van der Waals surface area contributed by atoms with Gasteiger partial charge in [-0.05, 0) is 62.4 Å². The number of hydrogen-bond donors (Lipinski definition) is 2. The zero-order valence-electron chi connectivity index (χ0n) is 15.0. The maximum absolute atomic E-state index is 12.3. The van der Waals surface area contributed by atoms with E-state index in [-0.39, 0.29) is 5.91 Å². The summed E-state index contributed by atoms with van der Waals surface area (Å²) in [6, 6.07) is 22.9. The molecule has 132 valence electrons. The Morgan fingerprint density at radius 3 is 2.38 bits per heavy atom. The number of amides is 1. The molecule has 3 aromatic rings. The molecule has 26 heavy (non-hydrogen) atoms. The summed E-state index contributed by atoms with van der Waals surface area (Å²) in [5.41, 5.74) is 4.29. The Labute approximate surface area is 153 Å². The molecule has 0 bridgehead atoms. The molecule has 2 N–H and O–H groups in total. The lowest BCUT2D eigenvalue weighted by atomic mass is 10.1. The highest BCUT2D eigenvalue weighted by molar-refractivity contribution is 6.04. The first-order chi connectivity index (χ1) is 12.7. The van der Waals surface area contributed by atoms with Gasteiger partial charge < -0.3 is 15.4 Å². The smallest absolute Gasteiger partial charge is 0.255 e. The molecule has 0 aliphatic carbocycles. The van der Waals surface area contributed by atoms with Crippen LogP contribution in [-0.4, -0.2) is 12.5 Å². The van der Waals surface area contributed by atoms with E-state index in [9.17, 15) is 4.79 Å². The molecule has 0 heterocycles. The molecule has 0 aliphatic rings. The van der Waals surface area contributed by atoms with E-state index in [2.05, 4.69) is 10.6 Å². The van der Waals surface area contributed by atoms with Crippen LogP contribution in [0.2, 0.25) is 0 Å². The zero-order valence-corrected chi connectivity index (χ0v) is 15.0. The van der Waals surface area contributed by atoms with Crippen molar-refractivity contribution in [2.45, 2.75) is 13.8 Å².